The van der Waals surface area contributed by atoms with E-state index in [4.69, 9.17) is 4.74 Å². The zero-order valence-electron chi connectivity index (χ0n) is 18.7. The molecule has 1 N–H and O–H groups in total. The van der Waals surface area contributed by atoms with Crippen LogP contribution in [0.15, 0.2) is 58.2 Å². The first-order valence-corrected chi connectivity index (χ1v) is 11.6. The minimum atomic E-state index is -3.57. The standard InChI is InChI=1S/C23H27N3O5S/c1-6-19(23(28)24-16-10-12-17(13-11-16)32(29,30)25(3)4)26-21(27)14-15(2)18-8-7-9-20(31-5)22(18)26/h7-14,19H,6H2,1-5H3,(H,24,28). The summed E-state index contributed by atoms with van der Waals surface area (Å²) in [5.41, 5.74) is 1.50. The number of carbonyl (C=O) groups excluding carboxylic acids is 1. The number of sulfonamides is 1. The molecule has 170 valence electrons. The number of ether oxygens (including phenoxy) is 1. The summed E-state index contributed by atoms with van der Waals surface area (Å²) < 4.78 is 32.6. The van der Waals surface area contributed by atoms with Crippen LogP contribution >= 0.6 is 0 Å². The van der Waals surface area contributed by atoms with E-state index in [1.54, 1.807) is 6.07 Å². The molecule has 0 radical (unpaired) electrons. The van der Waals surface area contributed by atoms with Gasteiger partial charge in [-0.15, -0.1) is 0 Å². The van der Waals surface area contributed by atoms with Gasteiger partial charge in [-0.05, 0) is 49.2 Å². The van der Waals surface area contributed by atoms with Gasteiger partial charge < -0.3 is 10.1 Å². The molecule has 3 aromatic rings. The minimum absolute atomic E-state index is 0.123. The summed E-state index contributed by atoms with van der Waals surface area (Å²) in [6.45, 7) is 3.67. The van der Waals surface area contributed by atoms with Gasteiger partial charge in [-0.1, -0.05) is 19.1 Å². The first-order valence-electron chi connectivity index (χ1n) is 10.1. The lowest BCUT2D eigenvalue weighted by atomic mass is 10.1. The molecule has 0 bridgehead atoms. The van der Waals surface area contributed by atoms with Crippen LogP contribution in [0.25, 0.3) is 10.9 Å². The molecule has 0 saturated carbocycles. The van der Waals surface area contributed by atoms with Crippen LogP contribution in [-0.4, -0.2) is 44.4 Å². The highest BCUT2D eigenvalue weighted by molar-refractivity contribution is 7.89. The van der Waals surface area contributed by atoms with Gasteiger partial charge in [0, 0.05) is 31.2 Å². The molecular weight excluding hydrogens is 430 g/mol. The van der Waals surface area contributed by atoms with E-state index in [2.05, 4.69) is 5.32 Å². The number of anilines is 1. The molecule has 32 heavy (non-hydrogen) atoms. The molecule has 8 nitrogen and oxygen atoms in total. The van der Waals surface area contributed by atoms with E-state index in [1.807, 2.05) is 26.0 Å². The number of rotatable bonds is 7. The molecule has 1 heterocycles. The lowest BCUT2D eigenvalue weighted by Crippen LogP contribution is -2.33. The fraction of sp³-hybridized carbons (Fsp3) is 0.304. The van der Waals surface area contributed by atoms with Crippen LogP contribution in [0.3, 0.4) is 0 Å². The number of fused-ring (bicyclic) bond motifs is 1. The molecule has 0 spiro atoms. The number of methoxy groups -OCH3 is 1. The van der Waals surface area contributed by atoms with Crippen molar-refractivity contribution in [3.8, 4) is 5.75 Å². The molecule has 1 aromatic heterocycles. The van der Waals surface area contributed by atoms with Crippen LogP contribution in [-0.2, 0) is 14.8 Å². The maximum absolute atomic E-state index is 13.2. The third-order valence-corrected chi connectivity index (χ3v) is 7.19. The van der Waals surface area contributed by atoms with Crippen molar-refractivity contribution in [2.75, 3.05) is 26.5 Å². The second-order valence-electron chi connectivity index (χ2n) is 7.62. The summed E-state index contributed by atoms with van der Waals surface area (Å²) in [6, 6.07) is 12.1. The second kappa shape index (κ2) is 9.13. The summed E-state index contributed by atoms with van der Waals surface area (Å²) >= 11 is 0. The Labute approximate surface area is 187 Å². The Balaban J connectivity index is 2.01. The maximum Gasteiger partial charge on any atom is 0.252 e. The van der Waals surface area contributed by atoms with Gasteiger partial charge in [0.25, 0.3) is 5.56 Å². The number of nitrogens with one attached hydrogen (secondary N) is 1. The van der Waals surface area contributed by atoms with Gasteiger partial charge in [0.05, 0.1) is 17.5 Å². The van der Waals surface area contributed by atoms with Gasteiger partial charge in [0.15, 0.2) is 0 Å². The molecule has 1 amide bonds. The number of benzene rings is 2. The van der Waals surface area contributed by atoms with Gasteiger partial charge >= 0.3 is 0 Å². The molecule has 2 aromatic carbocycles. The van der Waals surface area contributed by atoms with E-state index in [0.29, 0.717) is 23.4 Å². The zero-order chi connectivity index (χ0) is 23.6. The van der Waals surface area contributed by atoms with Crippen LogP contribution in [0.1, 0.15) is 24.9 Å². The quantitative estimate of drug-likeness (QED) is 0.588. The SMILES string of the molecule is CCC(C(=O)Nc1ccc(S(=O)(=O)N(C)C)cc1)n1c(=O)cc(C)c2cccc(OC)c21. The van der Waals surface area contributed by atoms with Crippen molar-refractivity contribution >= 4 is 32.5 Å². The fourth-order valence-electron chi connectivity index (χ4n) is 3.64. The molecule has 3 rings (SSSR count). The lowest BCUT2D eigenvalue weighted by Gasteiger charge is -2.22. The number of aromatic nitrogens is 1. The summed E-state index contributed by atoms with van der Waals surface area (Å²) in [6.07, 6.45) is 0.370. The summed E-state index contributed by atoms with van der Waals surface area (Å²) in [7, 11) is 0.864. The number of carbonyl (C=O) groups is 1. The van der Waals surface area contributed by atoms with E-state index < -0.39 is 16.1 Å². The van der Waals surface area contributed by atoms with E-state index in [1.165, 1.54) is 56.1 Å². The largest absolute Gasteiger partial charge is 0.495 e. The van der Waals surface area contributed by atoms with Gasteiger partial charge in [-0.25, -0.2) is 12.7 Å². The lowest BCUT2D eigenvalue weighted by molar-refractivity contribution is -0.119. The predicted molar refractivity (Wildman–Crippen MR) is 125 cm³/mol. The summed E-state index contributed by atoms with van der Waals surface area (Å²) in [4.78, 5) is 26.3. The van der Waals surface area contributed by atoms with E-state index in [-0.39, 0.29) is 16.4 Å². The van der Waals surface area contributed by atoms with E-state index in [0.717, 1.165) is 15.3 Å². The van der Waals surface area contributed by atoms with Gasteiger partial charge in [-0.2, -0.15) is 0 Å². The molecule has 9 heteroatoms. The van der Waals surface area contributed by atoms with Crippen LogP contribution in [0, 0.1) is 6.92 Å². The third kappa shape index (κ3) is 4.26. The Morgan fingerprint density at radius 2 is 1.81 bits per heavy atom. The Hall–Kier alpha value is -3.17. The highest BCUT2D eigenvalue weighted by Crippen LogP contribution is 2.30. The number of aryl methyl sites for hydroxylation is 1. The summed E-state index contributed by atoms with van der Waals surface area (Å²) in [5.74, 6) is 0.127. The van der Waals surface area contributed by atoms with Crippen molar-refractivity contribution in [3.05, 3.63) is 64.4 Å². The molecule has 0 aliphatic heterocycles. The maximum atomic E-state index is 13.2. The molecule has 0 fully saturated rings. The topological polar surface area (TPSA) is 97.7 Å². The van der Waals surface area contributed by atoms with Crippen LogP contribution in [0.4, 0.5) is 5.69 Å². The van der Waals surface area contributed by atoms with Crippen LogP contribution < -0.4 is 15.6 Å². The van der Waals surface area contributed by atoms with Crippen molar-refractivity contribution in [1.82, 2.24) is 8.87 Å². The molecule has 1 unspecified atom stereocenters. The number of hydrogen-bond acceptors (Lipinski definition) is 5. The Morgan fingerprint density at radius 1 is 1.16 bits per heavy atom. The highest BCUT2D eigenvalue weighted by Gasteiger charge is 2.24. The van der Waals surface area contributed by atoms with Crippen molar-refractivity contribution < 1.29 is 17.9 Å². The van der Waals surface area contributed by atoms with Crippen molar-refractivity contribution in [2.45, 2.75) is 31.2 Å². The average Bonchev–Trinajstić information content (AvgIpc) is 2.76. The van der Waals surface area contributed by atoms with Gasteiger partial charge in [-0.3, -0.25) is 14.2 Å². The normalized spacial score (nSPS) is 12.7. The first kappa shape index (κ1) is 23.5. The monoisotopic (exact) mass is 457 g/mol. The Morgan fingerprint density at radius 3 is 2.38 bits per heavy atom. The van der Waals surface area contributed by atoms with Crippen molar-refractivity contribution in [1.29, 1.82) is 0 Å². The molecule has 0 aliphatic carbocycles. The van der Waals surface area contributed by atoms with Crippen molar-refractivity contribution in [2.24, 2.45) is 0 Å². The molecule has 0 aliphatic rings. The number of hydrogen-bond donors (Lipinski definition) is 1. The van der Waals surface area contributed by atoms with Gasteiger partial charge in [0.2, 0.25) is 15.9 Å². The fourth-order valence-corrected chi connectivity index (χ4v) is 4.54. The predicted octanol–water partition coefficient (Wildman–Crippen LogP) is 3.16. The van der Waals surface area contributed by atoms with Crippen LogP contribution in [0.2, 0.25) is 0 Å². The first-order chi connectivity index (χ1) is 15.1. The smallest absolute Gasteiger partial charge is 0.252 e. The average molecular weight is 458 g/mol. The van der Waals surface area contributed by atoms with Gasteiger partial charge in [0.1, 0.15) is 11.8 Å². The molecular formula is C23H27N3O5S. The minimum Gasteiger partial charge on any atom is -0.495 e. The Kier molecular flexibility index (Phi) is 6.71. The number of nitrogens with zero attached hydrogens (tertiary/aromatic N) is 2. The number of pyridine rings is 1. The Bertz CT molecular complexity index is 1310. The van der Waals surface area contributed by atoms with E-state index in [9.17, 15) is 18.0 Å². The third-order valence-electron chi connectivity index (χ3n) is 5.36. The second-order valence-corrected chi connectivity index (χ2v) is 9.77. The molecule has 1 atom stereocenters. The molecule has 0 saturated heterocycles. The number of amides is 1. The van der Waals surface area contributed by atoms with Crippen LogP contribution in [0.5, 0.6) is 5.75 Å². The summed E-state index contributed by atoms with van der Waals surface area (Å²) in [5, 5.41) is 3.62. The zero-order valence-corrected chi connectivity index (χ0v) is 19.6. The highest BCUT2D eigenvalue weighted by atomic mass is 32.2. The number of para-hydroxylation sites is 1. The van der Waals surface area contributed by atoms with Crippen molar-refractivity contribution in [3.63, 3.8) is 0 Å². The van der Waals surface area contributed by atoms with E-state index >= 15 is 0 Å².